The Morgan fingerprint density at radius 3 is 2.77 bits per heavy atom. The van der Waals surface area contributed by atoms with Gasteiger partial charge in [-0.1, -0.05) is 26.0 Å². The molecular weight excluding hydrogens is 362 g/mol. The number of nitrogens with one attached hydrogen (secondary N) is 1. The number of thiophene rings is 1. The second-order valence-electron chi connectivity index (χ2n) is 6.04. The molecular formula is C20H23N3OS2. The molecule has 0 saturated heterocycles. The summed E-state index contributed by atoms with van der Waals surface area (Å²) >= 11 is 3.23. The van der Waals surface area contributed by atoms with Crippen LogP contribution in [-0.2, 0) is 17.8 Å². The van der Waals surface area contributed by atoms with Crippen molar-refractivity contribution in [2.45, 2.75) is 26.8 Å². The van der Waals surface area contributed by atoms with E-state index < -0.39 is 0 Å². The van der Waals surface area contributed by atoms with E-state index >= 15 is 0 Å². The number of amides is 1. The standard InChI is InChI=1S/C20H23N3OS2/c1-3-23(4-2)12-15-6-5-7-17(10-15)21-19(24)11-18-14-26-20(22-18)16-8-9-25-13-16/h5-10,13-14H,3-4,11-12H2,1-2H3,(H,21,24). The van der Waals surface area contributed by atoms with Crippen LogP contribution in [0, 0.1) is 0 Å². The Balaban J connectivity index is 1.60. The smallest absolute Gasteiger partial charge is 0.230 e. The summed E-state index contributed by atoms with van der Waals surface area (Å²) in [5.74, 6) is -0.0350. The Morgan fingerprint density at radius 1 is 1.19 bits per heavy atom. The topological polar surface area (TPSA) is 45.2 Å². The Morgan fingerprint density at radius 2 is 2.04 bits per heavy atom. The van der Waals surface area contributed by atoms with E-state index in [4.69, 9.17) is 0 Å². The first-order valence-corrected chi connectivity index (χ1v) is 10.6. The van der Waals surface area contributed by atoms with Crippen LogP contribution in [0.2, 0.25) is 0 Å². The summed E-state index contributed by atoms with van der Waals surface area (Å²) in [4.78, 5) is 19.3. The SMILES string of the molecule is CCN(CC)Cc1cccc(NC(=O)Cc2csc(-c3ccsc3)n2)c1. The molecule has 0 spiro atoms. The molecule has 4 nitrogen and oxygen atoms in total. The van der Waals surface area contributed by atoms with Gasteiger partial charge in [0.15, 0.2) is 0 Å². The second kappa shape index (κ2) is 9.07. The fraction of sp³-hybridized carbons (Fsp3) is 0.300. The molecule has 3 aromatic rings. The summed E-state index contributed by atoms with van der Waals surface area (Å²) in [6.07, 6.45) is 0.293. The fourth-order valence-corrected chi connectivity index (χ4v) is 4.26. The van der Waals surface area contributed by atoms with Crippen molar-refractivity contribution < 1.29 is 4.79 Å². The van der Waals surface area contributed by atoms with Gasteiger partial charge in [-0.15, -0.1) is 11.3 Å². The average Bonchev–Trinajstić information content (AvgIpc) is 3.31. The Labute approximate surface area is 162 Å². The molecule has 3 rings (SSSR count). The fourth-order valence-electron chi connectivity index (χ4n) is 2.73. The summed E-state index contributed by atoms with van der Waals surface area (Å²) in [6, 6.07) is 10.1. The maximum absolute atomic E-state index is 12.4. The Kier molecular flexibility index (Phi) is 6.55. The lowest BCUT2D eigenvalue weighted by molar-refractivity contribution is -0.115. The second-order valence-corrected chi connectivity index (χ2v) is 7.68. The molecule has 0 aliphatic heterocycles. The highest BCUT2D eigenvalue weighted by Gasteiger charge is 2.10. The van der Waals surface area contributed by atoms with Gasteiger partial charge < -0.3 is 5.32 Å². The van der Waals surface area contributed by atoms with Crippen molar-refractivity contribution in [3.8, 4) is 10.6 Å². The maximum atomic E-state index is 12.4. The van der Waals surface area contributed by atoms with Crippen molar-refractivity contribution in [3.63, 3.8) is 0 Å². The van der Waals surface area contributed by atoms with E-state index in [2.05, 4.69) is 46.6 Å². The molecule has 6 heteroatoms. The van der Waals surface area contributed by atoms with Crippen LogP contribution in [0.25, 0.3) is 10.6 Å². The minimum absolute atomic E-state index is 0.0350. The number of hydrogen-bond acceptors (Lipinski definition) is 5. The summed E-state index contributed by atoms with van der Waals surface area (Å²) in [5.41, 5.74) is 3.98. The summed E-state index contributed by atoms with van der Waals surface area (Å²) < 4.78 is 0. The Bertz CT molecular complexity index is 838. The number of rotatable bonds is 8. The monoisotopic (exact) mass is 385 g/mol. The van der Waals surface area contributed by atoms with Gasteiger partial charge in [-0.2, -0.15) is 11.3 Å². The van der Waals surface area contributed by atoms with Crippen molar-refractivity contribution in [2.24, 2.45) is 0 Å². The van der Waals surface area contributed by atoms with Gasteiger partial charge in [-0.25, -0.2) is 4.98 Å². The minimum atomic E-state index is -0.0350. The number of carbonyl (C=O) groups is 1. The van der Waals surface area contributed by atoms with Crippen LogP contribution in [-0.4, -0.2) is 28.9 Å². The van der Waals surface area contributed by atoms with Gasteiger partial charge in [-0.05, 0) is 42.2 Å². The third kappa shape index (κ3) is 5.00. The van der Waals surface area contributed by atoms with E-state index in [0.29, 0.717) is 6.42 Å². The van der Waals surface area contributed by atoms with Crippen molar-refractivity contribution in [3.05, 3.63) is 57.7 Å². The number of hydrogen-bond donors (Lipinski definition) is 1. The van der Waals surface area contributed by atoms with E-state index in [9.17, 15) is 4.79 Å². The van der Waals surface area contributed by atoms with Crippen LogP contribution in [0.3, 0.4) is 0 Å². The van der Waals surface area contributed by atoms with E-state index in [1.807, 2.05) is 29.0 Å². The molecule has 1 aromatic carbocycles. The van der Waals surface area contributed by atoms with Gasteiger partial charge in [0, 0.05) is 28.6 Å². The lowest BCUT2D eigenvalue weighted by atomic mass is 10.2. The van der Waals surface area contributed by atoms with Crippen molar-refractivity contribution in [1.82, 2.24) is 9.88 Å². The van der Waals surface area contributed by atoms with Gasteiger partial charge in [0.05, 0.1) is 12.1 Å². The number of benzene rings is 1. The largest absolute Gasteiger partial charge is 0.326 e. The molecule has 0 fully saturated rings. The molecule has 0 unspecified atom stereocenters. The molecule has 1 amide bonds. The van der Waals surface area contributed by atoms with Gasteiger partial charge in [0.1, 0.15) is 5.01 Å². The van der Waals surface area contributed by atoms with Crippen LogP contribution in [0.1, 0.15) is 25.1 Å². The number of nitrogens with zero attached hydrogens (tertiary/aromatic N) is 2. The van der Waals surface area contributed by atoms with E-state index in [-0.39, 0.29) is 5.91 Å². The third-order valence-corrected chi connectivity index (χ3v) is 5.80. The van der Waals surface area contributed by atoms with Crippen molar-refractivity contribution in [2.75, 3.05) is 18.4 Å². The van der Waals surface area contributed by atoms with Crippen LogP contribution >= 0.6 is 22.7 Å². The first-order chi connectivity index (χ1) is 12.7. The third-order valence-electron chi connectivity index (χ3n) is 4.17. The molecule has 0 bridgehead atoms. The number of anilines is 1. The van der Waals surface area contributed by atoms with E-state index in [1.165, 1.54) is 5.56 Å². The van der Waals surface area contributed by atoms with Gasteiger partial charge in [0.2, 0.25) is 5.91 Å². The molecule has 2 aromatic heterocycles. The van der Waals surface area contributed by atoms with Crippen LogP contribution in [0.15, 0.2) is 46.5 Å². The molecule has 0 aliphatic carbocycles. The lowest BCUT2D eigenvalue weighted by Gasteiger charge is -2.18. The zero-order valence-corrected chi connectivity index (χ0v) is 16.7. The van der Waals surface area contributed by atoms with Crippen molar-refractivity contribution in [1.29, 1.82) is 0 Å². The molecule has 0 saturated carbocycles. The van der Waals surface area contributed by atoms with E-state index in [1.54, 1.807) is 22.7 Å². The quantitative estimate of drug-likeness (QED) is 0.600. The van der Waals surface area contributed by atoms with Crippen LogP contribution in [0.4, 0.5) is 5.69 Å². The van der Waals surface area contributed by atoms with Gasteiger partial charge in [-0.3, -0.25) is 9.69 Å². The highest BCUT2D eigenvalue weighted by Crippen LogP contribution is 2.26. The predicted octanol–water partition coefficient (Wildman–Crippen LogP) is 4.89. The molecule has 0 aliphatic rings. The molecule has 136 valence electrons. The van der Waals surface area contributed by atoms with Crippen molar-refractivity contribution >= 4 is 34.3 Å². The van der Waals surface area contributed by atoms with Crippen LogP contribution in [0.5, 0.6) is 0 Å². The molecule has 0 radical (unpaired) electrons. The van der Waals surface area contributed by atoms with Gasteiger partial charge in [0.25, 0.3) is 0 Å². The lowest BCUT2D eigenvalue weighted by Crippen LogP contribution is -2.22. The normalized spacial score (nSPS) is 11.0. The summed E-state index contributed by atoms with van der Waals surface area (Å²) in [6.45, 7) is 7.25. The zero-order chi connectivity index (χ0) is 18.4. The molecule has 2 heterocycles. The highest BCUT2D eigenvalue weighted by atomic mass is 32.1. The first kappa shape index (κ1) is 18.8. The van der Waals surface area contributed by atoms with Crippen LogP contribution < -0.4 is 5.32 Å². The minimum Gasteiger partial charge on any atom is -0.326 e. The zero-order valence-electron chi connectivity index (χ0n) is 15.1. The summed E-state index contributed by atoms with van der Waals surface area (Å²) in [5, 5.41) is 10.0. The number of thiazole rings is 1. The van der Waals surface area contributed by atoms with E-state index in [0.717, 1.165) is 41.6 Å². The number of carbonyl (C=O) groups excluding carboxylic acids is 1. The average molecular weight is 386 g/mol. The Hall–Kier alpha value is -2.02. The predicted molar refractivity (Wildman–Crippen MR) is 111 cm³/mol. The molecule has 26 heavy (non-hydrogen) atoms. The summed E-state index contributed by atoms with van der Waals surface area (Å²) in [7, 11) is 0. The molecule has 0 atom stereocenters. The number of aromatic nitrogens is 1. The van der Waals surface area contributed by atoms with Gasteiger partial charge >= 0.3 is 0 Å². The highest BCUT2D eigenvalue weighted by molar-refractivity contribution is 7.14. The molecule has 1 N–H and O–H groups in total. The first-order valence-electron chi connectivity index (χ1n) is 8.76. The maximum Gasteiger partial charge on any atom is 0.230 e.